The highest BCUT2D eigenvalue weighted by Gasteiger charge is 2.14. The van der Waals surface area contributed by atoms with E-state index in [-0.39, 0.29) is 0 Å². The molecule has 0 aromatic heterocycles. The Bertz CT molecular complexity index is 620. The molecule has 3 nitrogen and oxygen atoms in total. The van der Waals surface area contributed by atoms with Crippen molar-refractivity contribution in [1.29, 1.82) is 0 Å². The number of para-hydroxylation sites is 1. The maximum atomic E-state index is 5.83. The summed E-state index contributed by atoms with van der Waals surface area (Å²) in [6.07, 6.45) is 2.65. The van der Waals surface area contributed by atoms with Crippen LogP contribution in [0.2, 0.25) is 0 Å². The van der Waals surface area contributed by atoms with Gasteiger partial charge in [0.25, 0.3) is 0 Å². The molecule has 0 bridgehead atoms. The van der Waals surface area contributed by atoms with Crippen LogP contribution in [0, 0.1) is 0 Å². The van der Waals surface area contributed by atoms with Gasteiger partial charge < -0.3 is 14.8 Å². The summed E-state index contributed by atoms with van der Waals surface area (Å²) in [6.45, 7) is 2.72. The third-order valence-electron chi connectivity index (χ3n) is 3.22. The number of fused-ring (bicyclic) bond motifs is 1. The van der Waals surface area contributed by atoms with Gasteiger partial charge in [0.05, 0.1) is 6.54 Å². The average molecular weight is 267 g/mol. The Morgan fingerprint density at radius 1 is 1.00 bits per heavy atom. The van der Waals surface area contributed by atoms with Gasteiger partial charge in [0.2, 0.25) is 0 Å². The van der Waals surface area contributed by atoms with Crippen LogP contribution in [0.3, 0.4) is 0 Å². The number of nitrogens with one attached hydrogen (secondary N) is 1. The lowest BCUT2D eigenvalue weighted by Crippen LogP contribution is -2.14. The minimum atomic E-state index is 0.596. The molecule has 0 saturated heterocycles. The number of anilines is 1. The van der Waals surface area contributed by atoms with Gasteiger partial charge in [0.1, 0.15) is 6.26 Å². The number of hydrogen-bond acceptors (Lipinski definition) is 3. The molecule has 0 atom stereocenters. The quantitative estimate of drug-likeness (QED) is 0.909. The second-order valence-corrected chi connectivity index (χ2v) is 4.66. The van der Waals surface area contributed by atoms with Crippen LogP contribution in [0.5, 0.6) is 11.5 Å². The first kappa shape index (κ1) is 12.6. The van der Waals surface area contributed by atoms with Gasteiger partial charge in [-0.2, -0.15) is 0 Å². The molecule has 0 amide bonds. The average Bonchev–Trinajstić information content (AvgIpc) is 2.53. The summed E-state index contributed by atoms with van der Waals surface area (Å²) in [5, 5.41) is 3.29. The minimum absolute atomic E-state index is 0.596. The van der Waals surface area contributed by atoms with Gasteiger partial charge in [0.15, 0.2) is 17.3 Å². The summed E-state index contributed by atoms with van der Waals surface area (Å²) >= 11 is 0. The SMILES string of the molecule is CCc1ccc2c(c1)OC=C(CNc1ccccc1)O2. The zero-order chi connectivity index (χ0) is 13.8. The number of ether oxygens (including phenoxy) is 2. The fourth-order valence-corrected chi connectivity index (χ4v) is 2.07. The van der Waals surface area contributed by atoms with E-state index in [0.29, 0.717) is 6.54 Å². The van der Waals surface area contributed by atoms with Gasteiger partial charge in [-0.3, -0.25) is 0 Å². The Balaban J connectivity index is 1.65. The summed E-state index contributed by atoms with van der Waals surface area (Å²) in [7, 11) is 0. The molecular formula is C17H17NO2. The van der Waals surface area contributed by atoms with Gasteiger partial charge in [-0.25, -0.2) is 0 Å². The van der Waals surface area contributed by atoms with Crippen LogP contribution >= 0.6 is 0 Å². The van der Waals surface area contributed by atoms with Crippen molar-refractivity contribution in [3.8, 4) is 11.5 Å². The number of rotatable bonds is 4. The predicted octanol–water partition coefficient (Wildman–Crippen LogP) is 3.97. The van der Waals surface area contributed by atoms with E-state index in [1.54, 1.807) is 6.26 Å². The van der Waals surface area contributed by atoms with Crippen molar-refractivity contribution in [2.75, 3.05) is 11.9 Å². The standard InChI is InChI=1S/C17H17NO2/c1-2-13-8-9-16-17(10-13)19-12-15(20-16)11-18-14-6-4-3-5-7-14/h3-10,12,18H,2,11H2,1H3. The van der Waals surface area contributed by atoms with Gasteiger partial charge >= 0.3 is 0 Å². The first-order valence-electron chi connectivity index (χ1n) is 6.80. The maximum absolute atomic E-state index is 5.83. The third-order valence-corrected chi connectivity index (χ3v) is 3.22. The van der Waals surface area contributed by atoms with E-state index in [4.69, 9.17) is 9.47 Å². The molecule has 1 N–H and O–H groups in total. The van der Waals surface area contributed by atoms with Crippen molar-refractivity contribution in [2.45, 2.75) is 13.3 Å². The molecule has 2 aromatic carbocycles. The molecule has 0 radical (unpaired) electrons. The molecule has 0 spiro atoms. The van der Waals surface area contributed by atoms with Crippen molar-refractivity contribution in [3.63, 3.8) is 0 Å². The molecule has 1 heterocycles. The van der Waals surface area contributed by atoms with Crippen molar-refractivity contribution in [2.24, 2.45) is 0 Å². The van der Waals surface area contributed by atoms with E-state index in [0.717, 1.165) is 29.4 Å². The summed E-state index contributed by atoms with van der Waals surface area (Å²) in [6, 6.07) is 16.1. The van der Waals surface area contributed by atoms with E-state index >= 15 is 0 Å². The number of hydrogen-bond donors (Lipinski definition) is 1. The topological polar surface area (TPSA) is 30.5 Å². The Morgan fingerprint density at radius 2 is 1.85 bits per heavy atom. The van der Waals surface area contributed by atoms with Gasteiger partial charge in [0, 0.05) is 5.69 Å². The van der Waals surface area contributed by atoms with Crippen molar-refractivity contribution >= 4 is 5.69 Å². The van der Waals surface area contributed by atoms with E-state index < -0.39 is 0 Å². The van der Waals surface area contributed by atoms with E-state index in [9.17, 15) is 0 Å². The lowest BCUT2D eigenvalue weighted by Gasteiger charge is -2.19. The molecule has 1 aliphatic heterocycles. The lowest BCUT2D eigenvalue weighted by atomic mass is 10.1. The second-order valence-electron chi connectivity index (χ2n) is 4.66. The van der Waals surface area contributed by atoms with Crippen LogP contribution in [0.15, 0.2) is 60.6 Å². The summed E-state index contributed by atoms with van der Waals surface area (Å²) in [5.74, 6) is 2.33. The predicted molar refractivity (Wildman–Crippen MR) is 80.1 cm³/mol. The normalized spacial score (nSPS) is 12.8. The minimum Gasteiger partial charge on any atom is -0.457 e. The third kappa shape index (κ3) is 2.77. The fraction of sp³-hybridized carbons (Fsp3) is 0.176. The highest BCUT2D eigenvalue weighted by molar-refractivity contribution is 5.47. The maximum Gasteiger partial charge on any atom is 0.169 e. The molecule has 102 valence electrons. The number of benzene rings is 2. The van der Waals surface area contributed by atoms with E-state index in [1.165, 1.54) is 5.56 Å². The molecule has 0 unspecified atom stereocenters. The highest BCUT2D eigenvalue weighted by atomic mass is 16.6. The molecular weight excluding hydrogens is 250 g/mol. The van der Waals surface area contributed by atoms with Crippen molar-refractivity contribution in [3.05, 3.63) is 66.1 Å². The molecule has 0 aliphatic carbocycles. The Morgan fingerprint density at radius 3 is 2.65 bits per heavy atom. The Hall–Kier alpha value is -2.42. The van der Waals surface area contributed by atoms with Crippen molar-refractivity contribution < 1.29 is 9.47 Å². The van der Waals surface area contributed by atoms with Crippen molar-refractivity contribution in [1.82, 2.24) is 0 Å². The largest absolute Gasteiger partial charge is 0.457 e. The molecule has 1 aliphatic rings. The monoisotopic (exact) mass is 267 g/mol. The van der Waals surface area contributed by atoms with E-state index in [1.807, 2.05) is 42.5 Å². The Kier molecular flexibility index (Phi) is 3.59. The second kappa shape index (κ2) is 5.70. The smallest absolute Gasteiger partial charge is 0.169 e. The molecule has 0 fully saturated rings. The van der Waals surface area contributed by atoms with Crippen LogP contribution in [-0.2, 0) is 6.42 Å². The fourth-order valence-electron chi connectivity index (χ4n) is 2.07. The summed E-state index contributed by atoms with van der Waals surface area (Å²) in [5.41, 5.74) is 2.30. The first-order chi connectivity index (χ1) is 9.85. The van der Waals surface area contributed by atoms with Crippen LogP contribution in [0.4, 0.5) is 5.69 Å². The molecule has 3 heteroatoms. The lowest BCUT2D eigenvalue weighted by molar-refractivity contribution is 0.323. The number of aryl methyl sites for hydroxylation is 1. The summed E-state index contributed by atoms with van der Waals surface area (Å²) in [4.78, 5) is 0. The zero-order valence-corrected chi connectivity index (χ0v) is 11.4. The van der Waals surface area contributed by atoms with Gasteiger partial charge in [-0.05, 0) is 36.2 Å². The van der Waals surface area contributed by atoms with E-state index in [2.05, 4.69) is 18.3 Å². The van der Waals surface area contributed by atoms with Crippen LogP contribution in [0.1, 0.15) is 12.5 Å². The molecule has 2 aromatic rings. The Labute approximate surface area is 118 Å². The van der Waals surface area contributed by atoms with Crippen LogP contribution in [0.25, 0.3) is 0 Å². The summed E-state index contributed by atoms with van der Waals surface area (Å²) < 4.78 is 11.5. The molecule has 20 heavy (non-hydrogen) atoms. The molecule has 3 rings (SSSR count). The zero-order valence-electron chi connectivity index (χ0n) is 11.4. The molecule has 0 saturated carbocycles. The highest BCUT2D eigenvalue weighted by Crippen LogP contribution is 2.33. The van der Waals surface area contributed by atoms with Crippen LogP contribution in [-0.4, -0.2) is 6.54 Å². The first-order valence-corrected chi connectivity index (χ1v) is 6.80. The van der Waals surface area contributed by atoms with Gasteiger partial charge in [-0.15, -0.1) is 0 Å². The van der Waals surface area contributed by atoms with Crippen LogP contribution < -0.4 is 14.8 Å². The van der Waals surface area contributed by atoms with Gasteiger partial charge in [-0.1, -0.05) is 31.2 Å².